The third-order valence-electron chi connectivity index (χ3n) is 13.9. The molecule has 0 saturated heterocycles. The van der Waals surface area contributed by atoms with Gasteiger partial charge in [0, 0.05) is 33.3 Å². The highest BCUT2D eigenvalue weighted by molar-refractivity contribution is 6.10. The summed E-state index contributed by atoms with van der Waals surface area (Å²) in [7, 11) is 0. The molecule has 2 heteroatoms. The molecule has 13 aromatic rings. The predicted octanol–water partition coefficient (Wildman–Crippen LogP) is 19.4. The lowest BCUT2D eigenvalue weighted by Crippen LogP contribution is -2.11. The Labute approximate surface area is 407 Å². The average Bonchev–Trinajstić information content (AvgIpc) is 3.83. The molecule has 70 heavy (non-hydrogen) atoms. The van der Waals surface area contributed by atoms with Crippen molar-refractivity contribution in [2.75, 3.05) is 4.90 Å². The third kappa shape index (κ3) is 7.31. The highest BCUT2D eigenvalue weighted by atomic mass is 16.3. The summed E-state index contributed by atoms with van der Waals surface area (Å²) in [4.78, 5) is 2.43. The van der Waals surface area contributed by atoms with E-state index < -0.39 is 0 Å². The van der Waals surface area contributed by atoms with Crippen LogP contribution in [0.25, 0.3) is 110 Å². The van der Waals surface area contributed by atoms with Crippen LogP contribution in [-0.2, 0) is 0 Å². The van der Waals surface area contributed by atoms with Crippen molar-refractivity contribution < 1.29 is 4.42 Å². The van der Waals surface area contributed by atoms with Gasteiger partial charge in [-0.25, -0.2) is 0 Å². The molecule has 0 aliphatic heterocycles. The van der Waals surface area contributed by atoms with E-state index in [0.29, 0.717) is 0 Å². The molecule has 0 bridgehead atoms. The quantitative estimate of drug-likeness (QED) is 0.144. The van der Waals surface area contributed by atoms with Crippen LogP contribution >= 0.6 is 0 Å². The Morgan fingerprint density at radius 1 is 0.243 bits per heavy atom. The standard InChI is InChI=1S/C68H45NO/c1-3-15-46(16-4-1)53-39-44-63(62-28-14-26-60-58(24-12-27-61(60)62)49-17-5-2-6-18-49)66(45-53)69(55-42-37-52(38-43-55)59-25-13-29-65-64-22-9-10-30-67(64)70-68(59)65)54-40-35-48(36-41-54)47-31-33-51(34-32-47)57-23-11-20-50-19-7-8-21-56(50)57/h1-45H. The Morgan fingerprint density at radius 3 is 1.39 bits per heavy atom. The largest absolute Gasteiger partial charge is 0.455 e. The van der Waals surface area contributed by atoms with Crippen LogP contribution in [0.15, 0.2) is 277 Å². The van der Waals surface area contributed by atoms with Gasteiger partial charge in [-0.3, -0.25) is 0 Å². The van der Waals surface area contributed by atoms with Crippen molar-refractivity contribution in [2.24, 2.45) is 0 Å². The van der Waals surface area contributed by atoms with Gasteiger partial charge in [-0.05, 0) is 114 Å². The molecular weight excluding hydrogens is 847 g/mol. The number of para-hydroxylation sites is 2. The van der Waals surface area contributed by atoms with Crippen LogP contribution in [0.2, 0.25) is 0 Å². The summed E-state index contributed by atoms with van der Waals surface area (Å²) in [6.07, 6.45) is 0. The van der Waals surface area contributed by atoms with Crippen molar-refractivity contribution in [1.82, 2.24) is 0 Å². The van der Waals surface area contributed by atoms with Crippen molar-refractivity contribution in [3.8, 4) is 66.8 Å². The topological polar surface area (TPSA) is 16.4 Å². The van der Waals surface area contributed by atoms with Crippen LogP contribution in [0.1, 0.15) is 0 Å². The molecule has 0 radical (unpaired) electrons. The molecular formula is C68H45NO. The van der Waals surface area contributed by atoms with Crippen molar-refractivity contribution >= 4 is 60.5 Å². The molecule has 0 spiro atoms. The smallest absolute Gasteiger partial charge is 0.143 e. The predicted molar refractivity (Wildman–Crippen MR) is 296 cm³/mol. The highest BCUT2D eigenvalue weighted by Crippen LogP contribution is 2.47. The van der Waals surface area contributed by atoms with E-state index in [0.717, 1.165) is 72.4 Å². The van der Waals surface area contributed by atoms with E-state index in [-0.39, 0.29) is 0 Å². The monoisotopic (exact) mass is 891 g/mol. The zero-order valence-electron chi connectivity index (χ0n) is 38.3. The molecule has 0 amide bonds. The number of rotatable bonds is 9. The summed E-state index contributed by atoms with van der Waals surface area (Å²) in [5.41, 5.74) is 19.0. The summed E-state index contributed by atoms with van der Waals surface area (Å²) in [5, 5.41) is 7.18. The number of anilines is 3. The van der Waals surface area contributed by atoms with E-state index in [2.05, 4.69) is 266 Å². The van der Waals surface area contributed by atoms with Crippen LogP contribution in [0, 0.1) is 0 Å². The zero-order valence-corrected chi connectivity index (χ0v) is 38.3. The van der Waals surface area contributed by atoms with Gasteiger partial charge in [0.15, 0.2) is 0 Å². The lowest BCUT2D eigenvalue weighted by molar-refractivity contribution is 0.670. The number of benzene rings is 12. The van der Waals surface area contributed by atoms with Gasteiger partial charge >= 0.3 is 0 Å². The summed E-state index contributed by atoms with van der Waals surface area (Å²) in [6, 6.07) is 98.7. The minimum absolute atomic E-state index is 0.895. The number of fused-ring (bicyclic) bond motifs is 5. The zero-order chi connectivity index (χ0) is 46.4. The second kappa shape index (κ2) is 17.4. The number of furan rings is 1. The maximum atomic E-state index is 6.53. The van der Waals surface area contributed by atoms with E-state index in [1.807, 2.05) is 12.1 Å². The SMILES string of the molecule is c1ccc(-c2ccc(-c3cccc4c(-c5ccccc5)cccc34)c(N(c3ccc(-c4ccc(-c5cccc6ccccc56)cc4)cc3)c3ccc(-c4cccc5c4oc4ccccc45)cc3)c2)cc1. The molecule has 1 heterocycles. The summed E-state index contributed by atoms with van der Waals surface area (Å²) < 4.78 is 6.53. The second-order valence-electron chi connectivity index (χ2n) is 18.0. The van der Waals surface area contributed by atoms with Gasteiger partial charge in [0.1, 0.15) is 11.2 Å². The molecule has 12 aromatic carbocycles. The van der Waals surface area contributed by atoms with Crippen LogP contribution in [0.5, 0.6) is 0 Å². The van der Waals surface area contributed by atoms with Gasteiger partial charge in [-0.15, -0.1) is 0 Å². The molecule has 0 N–H and O–H groups in total. The van der Waals surface area contributed by atoms with Crippen molar-refractivity contribution in [3.63, 3.8) is 0 Å². The first-order valence-corrected chi connectivity index (χ1v) is 24.0. The number of hydrogen-bond donors (Lipinski definition) is 0. The Bertz CT molecular complexity index is 4020. The van der Waals surface area contributed by atoms with Crippen LogP contribution < -0.4 is 4.90 Å². The van der Waals surface area contributed by atoms with Crippen molar-refractivity contribution in [1.29, 1.82) is 0 Å². The Balaban J connectivity index is 0.971. The van der Waals surface area contributed by atoms with Gasteiger partial charge in [0.2, 0.25) is 0 Å². The molecule has 0 aliphatic carbocycles. The van der Waals surface area contributed by atoms with E-state index in [1.165, 1.54) is 54.9 Å². The minimum Gasteiger partial charge on any atom is -0.455 e. The maximum Gasteiger partial charge on any atom is 0.143 e. The molecule has 0 unspecified atom stereocenters. The molecule has 13 rings (SSSR count). The second-order valence-corrected chi connectivity index (χ2v) is 18.0. The van der Waals surface area contributed by atoms with Crippen LogP contribution in [0.3, 0.4) is 0 Å². The van der Waals surface area contributed by atoms with Gasteiger partial charge in [0.25, 0.3) is 0 Å². The molecule has 0 fully saturated rings. The lowest BCUT2D eigenvalue weighted by Gasteiger charge is -2.29. The first kappa shape index (κ1) is 41.0. The summed E-state index contributed by atoms with van der Waals surface area (Å²) in [5.74, 6) is 0. The number of hydrogen-bond acceptors (Lipinski definition) is 2. The van der Waals surface area contributed by atoms with Crippen molar-refractivity contribution in [3.05, 3.63) is 273 Å². The summed E-state index contributed by atoms with van der Waals surface area (Å²) >= 11 is 0. The fourth-order valence-electron chi connectivity index (χ4n) is 10.5. The third-order valence-corrected chi connectivity index (χ3v) is 13.9. The van der Waals surface area contributed by atoms with Gasteiger partial charge < -0.3 is 9.32 Å². The van der Waals surface area contributed by atoms with E-state index in [9.17, 15) is 0 Å². The fourth-order valence-corrected chi connectivity index (χ4v) is 10.5. The van der Waals surface area contributed by atoms with E-state index in [1.54, 1.807) is 0 Å². The van der Waals surface area contributed by atoms with E-state index >= 15 is 0 Å². The first-order valence-electron chi connectivity index (χ1n) is 24.0. The Morgan fingerprint density at radius 2 is 0.671 bits per heavy atom. The Hall–Kier alpha value is -9.24. The first-order chi connectivity index (χ1) is 34.7. The molecule has 0 aliphatic rings. The molecule has 0 saturated carbocycles. The van der Waals surface area contributed by atoms with Crippen LogP contribution in [-0.4, -0.2) is 0 Å². The van der Waals surface area contributed by atoms with Gasteiger partial charge in [-0.2, -0.15) is 0 Å². The molecule has 0 atom stereocenters. The van der Waals surface area contributed by atoms with Crippen LogP contribution in [0.4, 0.5) is 17.1 Å². The maximum absolute atomic E-state index is 6.53. The normalized spacial score (nSPS) is 11.4. The molecule has 2 nitrogen and oxygen atoms in total. The minimum atomic E-state index is 0.895. The lowest BCUT2D eigenvalue weighted by atomic mass is 9.90. The average molecular weight is 892 g/mol. The van der Waals surface area contributed by atoms with Crippen molar-refractivity contribution in [2.45, 2.75) is 0 Å². The van der Waals surface area contributed by atoms with Gasteiger partial charge in [0.05, 0.1) is 5.69 Å². The number of nitrogens with zero attached hydrogens (tertiary/aromatic N) is 1. The Kier molecular flexibility index (Phi) is 10.2. The van der Waals surface area contributed by atoms with E-state index in [4.69, 9.17) is 4.42 Å². The fraction of sp³-hybridized carbons (Fsp3) is 0. The highest BCUT2D eigenvalue weighted by Gasteiger charge is 2.22. The molecule has 1 aromatic heterocycles. The summed E-state index contributed by atoms with van der Waals surface area (Å²) in [6.45, 7) is 0. The van der Waals surface area contributed by atoms with Gasteiger partial charge in [-0.1, -0.05) is 237 Å². The molecule has 328 valence electrons.